The number of carbonyl (C=O) groups excluding carboxylic acids is 1. The van der Waals surface area contributed by atoms with Gasteiger partial charge in [0.25, 0.3) is 0 Å². The van der Waals surface area contributed by atoms with Crippen LogP contribution in [0.3, 0.4) is 0 Å². The molecule has 0 aromatic carbocycles. The van der Waals surface area contributed by atoms with Crippen LogP contribution in [0.15, 0.2) is 12.2 Å². The van der Waals surface area contributed by atoms with E-state index in [1.165, 1.54) is 0 Å². The Labute approximate surface area is 96.0 Å². The van der Waals surface area contributed by atoms with Crippen LogP contribution < -0.4 is 0 Å². The lowest BCUT2D eigenvalue weighted by molar-refractivity contribution is -0.318. The normalized spacial score (nSPS) is 29.2. The molecule has 1 saturated heterocycles. The standard InChI is InChI=1S/C9H12O8/c10-6(11)1-2-7(12)15-3-5-4-16-8(13)9(14)17-5/h1-2,5,8-9,13-14H,3-4H2,(H,10,11)/b2-1-. The summed E-state index contributed by atoms with van der Waals surface area (Å²) < 4.78 is 14.2. The molecule has 0 amide bonds. The van der Waals surface area contributed by atoms with E-state index >= 15 is 0 Å². The summed E-state index contributed by atoms with van der Waals surface area (Å²) >= 11 is 0. The van der Waals surface area contributed by atoms with Gasteiger partial charge in [-0.3, -0.25) is 0 Å². The van der Waals surface area contributed by atoms with E-state index in [0.29, 0.717) is 6.08 Å². The molecule has 0 radical (unpaired) electrons. The molecular formula is C9H12O8. The average molecular weight is 248 g/mol. The minimum absolute atomic E-state index is 0.0475. The molecular weight excluding hydrogens is 236 g/mol. The summed E-state index contributed by atoms with van der Waals surface area (Å²) in [5.41, 5.74) is 0. The lowest BCUT2D eigenvalue weighted by Crippen LogP contribution is -2.45. The van der Waals surface area contributed by atoms with E-state index < -0.39 is 30.6 Å². The molecule has 0 aliphatic carbocycles. The molecule has 17 heavy (non-hydrogen) atoms. The number of rotatable bonds is 4. The van der Waals surface area contributed by atoms with Gasteiger partial charge in [0.05, 0.1) is 6.61 Å². The predicted molar refractivity (Wildman–Crippen MR) is 50.6 cm³/mol. The van der Waals surface area contributed by atoms with E-state index in [9.17, 15) is 9.59 Å². The maximum absolute atomic E-state index is 11.0. The van der Waals surface area contributed by atoms with Crippen LogP contribution in [0.1, 0.15) is 0 Å². The van der Waals surface area contributed by atoms with Gasteiger partial charge in [-0.1, -0.05) is 0 Å². The summed E-state index contributed by atoms with van der Waals surface area (Å²) in [7, 11) is 0. The highest BCUT2D eigenvalue weighted by atomic mass is 16.7. The zero-order valence-electron chi connectivity index (χ0n) is 8.68. The number of aliphatic hydroxyl groups excluding tert-OH is 2. The Morgan fingerprint density at radius 1 is 1.29 bits per heavy atom. The van der Waals surface area contributed by atoms with Gasteiger partial charge in [-0.15, -0.1) is 0 Å². The van der Waals surface area contributed by atoms with Crippen LogP contribution in [0.2, 0.25) is 0 Å². The fraction of sp³-hybridized carbons (Fsp3) is 0.556. The van der Waals surface area contributed by atoms with Crippen molar-refractivity contribution in [2.75, 3.05) is 13.2 Å². The Kier molecular flexibility index (Phi) is 5.04. The third kappa shape index (κ3) is 4.91. The summed E-state index contributed by atoms with van der Waals surface area (Å²) in [4.78, 5) is 21.0. The molecule has 96 valence electrons. The number of esters is 1. The predicted octanol–water partition coefficient (Wildman–Crippen LogP) is -1.78. The smallest absolute Gasteiger partial charge is 0.331 e. The van der Waals surface area contributed by atoms with Crippen LogP contribution in [-0.4, -0.2) is 59.2 Å². The summed E-state index contributed by atoms with van der Waals surface area (Å²) in [6.07, 6.45) is -2.25. The van der Waals surface area contributed by atoms with Gasteiger partial charge in [0, 0.05) is 12.2 Å². The van der Waals surface area contributed by atoms with Crippen molar-refractivity contribution in [3.63, 3.8) is 0 Å². The molecule has 1 aliphatic heterocycles. The third-order valence-corrected chi connectivity index (χ3v) is 1.80. The van der Waals surface area contributed by atoms with Gasteiger partial charge in [-0.05, 0) is 0 Å². The van der Waals surface area contributed by atoms with Crippen LogP contribution in [-0.2, 0) is 23.8 Å². The number of carboxylic acids is 1. The minimum atomic E-state index is -1.50. The number of aliphatic carboxylic acids is 1. The van der Waals surface area contributed by atoms with Gasteiger partial charge in [0.2, 0.25) is 12.6 Å². The van der Waals surface area contributed by atoms with Crippen LogP contribution in [0.4, 0.5) is 0 Å². The molecule has 0 aromatic heterocycles. The second-order valence-electron chi connectivity index (χ2n) is 3.17. The van der Waals surface area contributed by atoms with Crippen molar-refractivity contribution in [3.05, 3.63) is 12.2 Å². The summed E-state index contributed by atoms with van der Waals surface area (Å²) in [5, 5.41) is 26.2. The van der Waals surface area contributed by atoms with E-state index in [1.54, 1.807) is 0 Å². The lowest BCUT2D eigenvalue weighted by atomic mass is 10.3. The van der Waals surface area contributed by atoms with Gasteiger partial charge in [0.15, 0.2) is 0 Å². The number of aliphatic hydroxyl groups is 2. The quantitative estimate of drug-likeness (QED) is 0.394. The van der Waals surface area contributed by atoms with Gasteiger partial charge < -0.3 is 29.5 Å². The maximum Gasteiger partial charge on any atom is 0.331 e. The Bertz CT molecular complexity index is 312. The molecule has 1 rings (SSSR count). The van der Waals surface area contributed by atoms with E-state index in [1.807, 2.05) is 0 Å². The van der Waals surface area contributed by atoms with Gasteiger partial charge in [-0.25, -0.2) is 9.59 Å². The molecule has 3 unspecified atom stereocenters. The van der Waals surface area contributed by atoms with Crippen molar-refractivity contribution in [2.24, 2.45) is 0 Å². The van der Waals surface area contributed by atoms with Crippen LogP contribution >= 0.6 is 0 Å². The molecule has 1 heterocycles. The highest BCUT2D eigenvalue weighted by Gasteiger charge is 2.29. The molecule has 0 bridgehead atoms. The van der Waals surface area contributed by atoms with Gasteiger partial charge in [-0.2, -0.15) is 0 Å². The van der Waals surface area contributed by atoms with Crippen molar-refractivity contribution in [1.82, 2.24) is 0 Å². The first-order valence-electron chi connectivity index (χ1n) is 4.70. The van der Waals surface area contributed by atoms with Crippen molar-refractivity contribution in [2.45, 2.75) is 18.7 Å². The Morgan fingerprint density at radius 3 is 2.59 bits per heavy atom. The fourth-order valence-electron chi connectivity index (χ4n) is 1.04. The van der Waals surface area contributed by atoms with E-state index in [4.69, 9.17) is 24.8 Å². The number of carbonyl (C=O) groups is 2. The number of ether oxygens (including phenoxy) is 3. The molecule has 8 heteroatoms. The van der Waals surface area contributed by atoms with Crippen molar-refractivity contribution in [1.29, 1.82) is 0 Å². The van der Waals surface area contributed by atoms with Gasteiger partial charge in [0.1, 0.15) is 12.7 Å². The van der Waals surface area contributed by atoms with Crippen LogP contribution in [0.5, 0.6) is 0 Å². The average Bonchev–Trinajstić information content (AvgIpc) is 2.28. The monoisotopic (exact) mass is 248 g/mol. The Morgan fingerprint density at radius 2 is 2.00 bits per heavy atom. The molecule has 0 saturated carbocycles. The third-order valence-electron chi connectivity index (χ3n) is 1.80. The lowest BCUT2D eigenvalue weighted by Gasteiger charge is -2.30. The largest absolute Gasteiger partial charge is 0.478 e. The second-order valence-corrected chi connectivity index (χ2v) is 3.17. The van der Waals surface area contributed by atoms with Crippen LogP contribution in [0, 0.1) is 0 Å². The number of carboxylic acid groups (broad SMARTS) is 1. The molecule has 3 N–H and O–H groups in total. The zero-order chi connectivity index (χ0) is 12.8. The first kappa shape index (κ1) is 13.6. The molecule has 0 spiro atoms. The summed E-state index contributed by atoms with van der Waals surface area (Å²) in [5.74, 6) is -2.12. The van der Waals surface area contributed by atoms with Crippen molar-refractivity contribution in [3.8, 4) is 0 Å². The number of hydrogen-bond donors (Lipinski definition) is 3. The molecule has 0 aromatic rings. The van der Waals surface area contributed by atoms with E-state index in [2.05, 4.69) is 4.74 Å². The molecule has 8 nitrogen and oxygen atoms in total. The SMILES string of the molecule is O=C(O)/C=C\C(=O)OCC1COC(O)C(O)O1. The van der Waals surface area contributed by atoms with Crippen molar-refractivity contribution >= 4 is 11.9 Å². The Balaban J connectivity index is 2.27. The van der Waals surface area contributed by atoms with Crippen LogP contribution in [0.25, 0.3) is 0 Å². The summed E-state index contributed by atoms with van der Waals surface area (Å²) in [6.45, 7) is -0.263. The first-order valence-corrected chi connectivity index (χ1v) is 4.70. The Hall–Kier alpha value is -1.48. The first-order chi connectivity index (χ1) is 7.99. The minimum Gasteiger partial charge on any atom is -0.478 e. The maximum atomic E-state index is 11.0. The highest BCUT2D eigenvalue weighted by Crippen LogP contribution is 2.11. The molecule has 1 fully saturated rings. The zero-order valence-corrected chi connectivity index (χ0v) is 8.68. The molecule has 1 aliphatic rings. The van der Waals surface area contributed by atoms with E-state index in [-0.39, 0.29) is 13.2 Å². The van der Waals surface area contributed by atoms with Gasteiger partial charge >= 0.3 is 11.9 Å². The van der Waals surface area contributed by atoms with E-state index in [0.717, 1.165) is 6.08 Å². The fourth-order valence-corrected chi connectivity index (χ4v) is 1.04. The second kappa shape index (κ2) is 6.30. The number of hydrogen-bond acceptors (Lipinski definition) is 7. The molecule has 3 atom stereocenters. The highest BCUT2D eigenvalue weighted by molar-refractivity contribution is 5.90. The topological polar surface area (TPSA) is 123 Å². The van der Waals surface area contributed by atoms with Crippen molar-refractivity contribution < 1.29 is 39.1 Å². The summed E-state index contributed by atoms with van der Waals surface area (Å²) in [6, 6.07) is 0.